The van der Waals surface area contributed by atoms with Crippen LogP contribution in [0.2, 0.25) is 0 Å². The number of carbonyl (C=O) groups is 1. The van der Waals surface area contributed by atoms with Gasteiger partial charge in [0.25, 0.3) is 0 Å². The van der Waals surface area contributed by atoms with Gasteiger partial charge in [0.05, 0.1) is 6.04 Å². The second-order valence-electron chi connectivity index (χ2n) is 5.38. The van der Waals surface area contributed by atoms with Crippen molar-refractivity contribution in [2.75, 3.05) is 6.54 Å². The van der Waals surface area contributed by atoms with Crippen molar-refractivity contribution in [3.05, 3.63) is 70.1 Å². The van der Waals surface area contributed by atoms with E-state index < -0.39 is 0 Å². The molecule has 1 aromatic heterocycles. The molecular weight excluding hydrogens is 280 g/mol. The summed E-state index contributed by atoms with van der Waals surface area (Å²) in [5, 5.41) is 0. The van der Waals surface area contributed by atoms with Gasteiger partial charge in [-0.15, -0.1) is 0 Å². The third kappa shape index (κ3) is 3.19. The van der Waals surface area contributed by atoms with E-state index in [4.69, 9.17) is 4.74 Å². The highest BCUT2D eigenvalue weighted by Gasteiger charge is 2.31. The van der Waals surface area contributed by atoms with Crippen LogP contribution < -0.4 is 5.56 Å². The highest BCUT2D eigenvalue weighted by atomic mass is 16.6. The van der Waals surface area contributed by atoms with Gasteiger partial charge in [-0.05, 0) is 24.0 Å². The number of hydrogen-bond donors (Lipinski definition) is 1. The van der Waals surface area contributed by atoms with E-state index in [0.29, 0.717) is 6.54 Å². The topological polar surface area (TPSA) is 62.4 Å². The Hall–Kier alpha value is -2.56. The van der Waals surface area contributed by atoms with E-state index in [1.165, 1.54) is 6.07 Å². The van der Waals surface area contributed by atoms with Gasteiger partial charge in [-0.2, -0.15) is 0 Å². The molecule has 5 heteroatoms. The highest BCUT2D eigenvalue weighted by molar-refractivity contribution is 5.68. The fraction of sp³-hybridized carbons (Fsp3) is 0.294. The van der Waals surface area contributed by atoms with Crippen LogP contribution in [0, 0.1) is 0 Å². The number of nitrogens with one attached hydrogen (secondary N) is 1. The lowest BCUT2D eigenvalue weighted by atomic mass is 10.1. The molecule has 3 rings (SSSR count). The number of benzene rings is 1. The number of aromatic nitrogens is 1. The Labute approximate surface area is 128 Å². The first-order valence-electron chi connectivity index (χ1n) is 7.40. The molecule has 2 aromatic rings. The zero-order valence-corrected chi connectivity index (χ0v) is 12.2. The number of pyridine rings is 1. The van der Waals surface area contributed by atoms with Crippen molar-refractivity contribution in [1.82, 2.24) is 9.88 Å². The molecule has 0 aliphatic carbocycles. The smallest absolute Gasteiger partial charge is 0.410 e. The maximum atomic E-state index is 12.3. The Morgan fingerprint density at radius 2 is 2.05 bits per heavy atom. The van der Waals surface area contributed by atoms with Crippen molar-refractivity contribution in [3.63, 3.8) is 0 Å². The number of rotatable bonds is 3. The van der Waals surface area contributed by atoms with Crippen molar-refractivity contribution < 1.29 is 9.53 Å². The summed E-state index contributed by atoms with van der Waals surface area (Å²) in [6.07, 6.45) is 3.18. The Balaban J connectivity index is 1.66. The van der Waals surface area contributed by atoms with Crippen molar-refractivity contribution in [3.8, 4) is 0 Å². The number of hydrogen-bond acceptors (Lipinski definition) is 3. The molecule has 5 nitrogen and oxygen atoms in total. The minimum absolute atomic E-state index is 0.0277. The molecule has 1 saturated heterocycles. The number of likely N-dealkylation sites (tertiary alicyclic amines) is 1. The molecule has 1 fully saturated rings. The summed E-state index contributed by atoms with van der Waals surface area (Å²) in [7, 11) is 0. The van der Waals surface area contributed by atoms with Crippen LogP contribution >= 0.6 is 0 Å². The van der Waals surface area contributed by atoms with Crippen molar-refractivity contribution in [2.24, 2.45) is 0 Å². The molecule has 0 spiro atoms. The van der Waals surface area contributed by atoms with Gasteiger partial charge in [-0.25, -0.2) is 4.79 Å². The average Bonchev–Trinajstić information content (AvgIpc) is 3.04. The van der Waals surface area contributed by atoms with E-state index in [9.17, 15) is 9.59 Å². The van der Waals surface area contributed by atoms with Crippen LogP contribution in [-0.4, -0.2) is 22.5 Å². The van der Waals surface area contributed by atoms with Gasteiger partial charge in [0, 0.05) is 18.8 Å². The summed E-state index contributed by atoms with van der Waals surface area (Å²) >= 11 is 0. The molecule has 0 bridgehead atoms. The molecule has 114 valence electrons. The van der Waals surface area contributed by atoms with E-state index in [0.717, 1.165) is 24.0 Å². The molecule has 1 aliphatic rings. The summed E-state index contributed by atoms with van der Waals surface area (Å²) in [6.45, 7) is 0.950. The normalized spacial score (nSPS) is 17.5. The maximum Gasteiger partial charge on any atom is 0.410 e. The van der Waals surface area contributed by atoms with Gasteiger partial charge < -0.3 is 14.6 Å². The number of carbonyl (C=O) groups excluding carboxylic acids is 1. The zero-order chi connectivity index (χ0) is 15.4. The van der Waals surface area contributed by atoms with Gasteiger partial charge in [0.1, 0.15) is 6.61 Å². The number of H-pyrrole nitrogens is 1. The quantitative estimate of drug-likeness (QED) is 0.947. The Bertz CT molecular complexity index is 676. The van der Waals surface area contributed by atoms with Gasteiger partial charge in [0.2, 0.25) is 5.56 Å². The molecular formula is C17H18N2O3. The van der Waals surface area contributed by atoms with Crippen LogP contribution in [0.5, 0.6) is 0 Å². The van der Waals surface area contributed by atoms with Crippen LogP contribution in [0.4, 0.5) is 4.79 Å². The molecule has 0 saturated carbocycles. The predicted molar refractivity (Wildman–Crippen MR) is 82.4 cm³/mol. The van der Waals surface area contributed by atoms with Gasteiger partial charge in [0.15, 0.2) is 0 Å². The summed E-state index contributed by atoms with van der Waals surface area (Å²) in [6, 6.07) is 12.9. The molecule has 1 N–H and O–H groups in total. The lowest BCUT2D eigenvalue weighted by Gasteiger charge is -2.24. The van der Waals surface area contributed by atoms with Crippen LogP contribution in [0.15, 0.2) is 53.5 Å². The molecule has 0 unspecified atom stereocenters. The van der Waals surface area contributed by atoms with E-state index in [-0.39, 0.29) is 24.3 Å². The van der Waals surface area contributed by atoms with Crippen LogP contribution in [-0.2, 0) is 11.3 Å². The summed E-state index contributed by atoms with van der Waals surface area (Å²) < 4.78 is 5.40. The molecule has 0 radical (unpaired) electrons. The van der Waals surface area contributed by atoms with Crippen LogP contribution in [0.1, 0.15) is 30.0 Å². The maximum absolute atomic E-state index is 12.3. The monoisotopic (exact) mass is 298 g/mol. The largest absolute Gasteiger partial charge is 0.445 e. The standard InChI is InChI=1S/C17H18N2O3/c20-16-9-8-14(11-18-16)15-7-4-10-19(15)17(21)22-12-13-5-2-1-3-6-13/h1-3,5-6,8-9,11,15H,4,7,10,12H2,(H,18,20)/t15-/m0/s1. The molecule has 2 heterocycles. The fourth-order valence-corrected chi connectivity index (χ4v) is 2.76. The minimum Gasteiger partial charge on any atom is -0.445 e. The number of amides is 1. The highest BCUT2D eigenvalue weighted by Crippen LogP contribution is 2.31. The third-order valence-corrected chi connectivity index (χ3v) is 3.89. The number of ether oxygens (including phenoxy) is 1. The van der Waals surface area contributed by atoms with Crippen LogP contribution in [0.25, 0.3) is 0 Å². The van der Waals surface area contributed by atoms with Gasteiger partial charge in [-0.3, -0.25) is 4.79 Å². The van der Waals surface area contributed by atoms with Gasteiger partial charge >= 0.3 is 6.09 Å². The lowest BCUT2D eigenvalue weighted by molar-refractivity contribution is 0.0920. The molecule has 1 aromatic carbocycles. The predicted octanol–water partition coefficient (Wildman–Crippen LogP) is 2.85. The van der Waals surface area contributed by atoms with E-state index in [1.807, 2.05) is 30.3 Å². The second-order valence-corrected chi connectivity index (χ2v) is 5.38. The van der Waals surface area contributed by atoms with Crippen molar-refractivity contribution in [2.45, 2.75) is 25.5 Å². The Morgan fingerprint density at radius 1 is 1.23 bits per heavy atom. The summed E-state index contributed by atoms with van der Waals surface area (Å²) in [5.41, 5.74) is 1.77. The molecule has 1 atom stereocenters. The first kappa shape index (κ1) is 14.4. The number of aromatic amines is 1. The van der Waals surface area contributed by atoms with Crippen LogP contribution in [0.3, 0.4) is 0 Å². The van der Waals surface area contributed by atoms with Gasteiger partial charge in [-0.1, -0.05) is 36.4 Å². The Morgan fingerprint density at radius 3 is 2.77 bits per heavy atom. The molecule has 1 amide bonds. The zero-order valence-electron chi connectivity index (χ0n) is 12.2. The third-order valence-electron chi connectivity index (χ3n) is 3.89. The molecule has 22 heavy (non-hydrogen) atoms. The second kappa shape index (κ2) is 6.47. The summed E-state index contributed by atoms with van der Waals surface area (Å²) in [4.78, 5) is 27.8. The summed E-state index contributed by atoms with van der Waals surface area (Å²) in [5.74, 6) is 0. The fourth-order valence-electron chi connectivity index (χ4n) is 2.76. The van der Waals surface area contributed by atoms with E-state index in [1.54, 1.807) is 17.2 Å². The first-order valence-corrected chi connectivity index (χ1v) is 7.40. The Kier molecular flexibility index (Phi) is 4.23. The van der Waals surface area contributed by atoms with E-state index in [2.05, 4.69) is 4.98 Å². The van der Waals surface area contributed by atoms with E-state index >= 15 is 0 Å². The van der Waals surface area contributed by atoms with Crippen molar-refractivity contribution >= 4 is 6.09 Å². The molecule has 1 aliphatic heterocycles. The SMILES string of the molecule is O=C(OCc1ccccc1)N1CCC[C@H]1c1ccc(=O)[nH]c1. The minimum atomic E-state index is -0.308. The average molecular weight is 298 g/mol. The lowest BCUT2D eigenvalue weighted by Crippen LogP contribution is -2.31. The number of nitrogens with zero attached hydrogens (tertiary/aromatic N) is 1. The van der Waals surface area contributed by atoms with Crippen molar-refractivity contribution in [1.29, 1.82) is 0 Å². The first-order chi connectivity index (χ1) is 10.7.